The third kappa shape index (κ3) is 4.61. The van der Waals surface area contributed by atoms with Crippen molar-refractivity contribution in [2.45, 2.75) is 11.7 Å². The number of imide groups is 1. The minimum atomic E-state index is -0.584. The summed E-state index contributed by atoms with van der Waals surface area (Å²) in [5.41, 5.74) is 1.09. The van der Waals surface area contributed by atoms with Crippen molar-refractivity contribution in [3.8, 4) is 5.75 Å². The number of ether oxygens (including phenoxy) is 1. The summed E-state index contributed by atoms with van der Waals surface area (Å²) in [7, 11) is 1.52. The van der Waals surface area contributed by atoms with Crippen LogP contribution in [0.25, 0.3) is 0 Å². The fourth-order valence-electron chi connectivity index (χ4n) is 2.66. The van der Waals surface area contributed by atoms with Crippen molar-refractivity contribution in [3.63, 3.8) is 0 Å². The summed E-state index contributed by atoms with van der Waals surface area (Å²) in [4.78, 5) is 38.2. The molecule has 0 aromatic heterocycles. The van der Waals surface area contributed by atoms with Crippen LogP contribution in [0, 0.1) is 0 Å². The zero-order valence-electron chi connectivity index (χ0n) is 14.5. The second-order valence-corrected chi connectivity index (χ2v) is 7.46. The third-order valence-corrected chi connectivity index (χ3v) is 5.41. The lowest BCUT2D eigenvalue weighted by atomic mass is 10.3. The molecular formula is C19H17ClN2O4S. The van der Waals surface area contributed by atoms with Crippen molar-refractivity contribution < 1.29 is 19.1 Å². The molecule has 1 saturated heterocycles. The lowest BCUT2D eigenvalue weighted by Crippen LogP contribution is -2.31. The Hall–Kier alpha value is -2.51. The molecule has 0 radical (unpaired) electrons. The Morgan fingerprint density at radius 1 is 1.26 bits per heavy atom. The zero-order valence-corrected chi connectivity index (χ0v) is 16.0. The number of halogens is 1. The van der Waals surface area contributed by atoms with Gasteiger partial charge in [-0.2, -0.15) is 0 Å². The fourth-order valence-corrected chi connectivity index (χ4v) is 3.72. The van der Waals surface area contributed by atoms with Crippen LogP contribution in [-0.2, 0) is 14.4 Å². The molecule has 0 spiro atoms. The van der Waals surface area contributed by atoms with Crippen LogP contribution in [-0.4, -0.2) is 35.8 Å². The van der Waals surface area contributed by atoms with Crippen molar-refractivity contribution in [1.29, 1.82) is 0 Å². The molecule has 1 atom stereocenters. The van der Waals surface area contributed by atoms with E-state index >= 15 is 0 Å². The standard InChI is InChI=1S/C19H17ClN2O4S/c1-26-15-4-2-3-14(9-15)22-18(24)10-16(19(22)25)27-11-17(23)21-13-7-5-12(20)6-8-13/h2-9,16H,10-11H2,1H3,(H,21,23)/t16-/m1/s1. The summed E-state index contributed by atoms with van der Waals surface area (Å²) in [5.74, 6) is -0.228. The van der Waals surface area contributed by atoms with Gasteiger partial charge in [-0.05, 0) is 36.4 Å². The van der Waals surface area contributed by atoms with Gasteiger partial charge in [0.05, 0.1) is 23.8 Å². The highest BCUT2D eigenvalue weighted by atomic mass is 35.5. The number of nitrogens with one attached hydrogen (secondary N) is 1. The van der Waals surface area contributed by atoms with Crippen molar-refractivity contribution in [1.82, 2.24) is 0 Å². The van der Waals surface area contributed by atoms with Crippen molar-refractivity contribution in [2.24, 2.45) is 0 Å². The summed E-state index contributed by atoms with van der Waals surface area (Å²) < 4.78 is 5.14. The largest absolute Gasteiger partial charge is 0.497 e. The van der Waals surface area contributed by atoms with Gasteiger partial charge in [-0.1, -0.05) is 17.7 Å². The number of thioether (sulfide) groups is 1. The van der Waals surface area contributed by atoms with E-state index in [-0.39, 0.29) is 29.9 Å². The van der Waals surface area contributed by atoms with Crippen molar-refractivity contribution >= 4 is 52.5 Å². The monoisotopic (exact) mass is 404 g/mol. The van der Waals surface area contributed by atoms with Crippen molar-refractivity contribution in [2.75, 3.05) is 23.1 Å². The van der Waals surface area contributed by atoms with Gasteiger partial charge in [0.15, 0.2) is 0 Å². The Balaban J connectivity index is 1.59. The first-order valence-electron chi connectivity index (χ1n) is 8.16. The van der Waals surface area contributed by atoms with E-state index in [4.69, 9.17) is 16.3 Å². The topological polar surface area (TPSA) is 75.7 Å². The Morgan fingerprint density at radius 3 is 2.70 bits per heavy atom. The SMILES string of the molecule is COc1cccc(N2C(=O)C[C@@H](SCC(=O)Nc3ccc(Cl)cc3)C2=O)c1. The average Bonchev–Trinajstić information content (AvgIpc) is 2.95. The summed E-state index contributed by atoms with van der Waals surface area (Å²) in [5, 5.41) is 2.73. The maximum absolute atomic E-state index is 12.6. The molecule has 1 heterocycles. The molecule has 0 bridgehead atoms. The lowest BCUT2D eigenvalue weighted by molar-refractivity contribution is -0.121. The number of hydrogen-bond donors (Lipinski definition) is 1. The van der Waals surface area contributed by atoms with Crippen LogP contribution in [0.5, 0.6) is 5.75 Å². The molecule has 0 saturated carbocycles. The molecule has 0 unspecified atom stereocenters. The Labute approximate surface area is 165 Å². The summed E-state index contributed by atoms with van der Waals surface area (Å²) >= 11 is 6.96. The van der Waals surface area contributed by atoms with Gasteiger partial charge in [0.25, 0.3) is 0 Å². The summed E-state index contributed by atoms with van der Waals surface area (Å²) in [6.45, 7) is 0. The number of rotatable bonds is 6. The molecule has 1 fully saturated rings. The first kappa shape index (κ1) is 19.3. The molecule has 27 heavy (non-hydrogen) atoms. The molecule has 6 nitrogen and oxygen atoms in total. The quantitative estimate of drug-likeness (QED) is 0.747. The normalized spacial score (nSPS) is 16.5. The molecule has 2 aromatic rings. The zero-order chi connectivity index (χ0) is 19.4. The molecule has 3 amide bonds. The third-order valence-electron chi connectivity index (χ3n) is 3.96. The number of benzene rings is 2. The molecule has 8 heteroatoms. The van der Waals surface area contributed by atoms with Gasteiger partial charge in [0.2, 0.25) is 17.7 Å². The van der Waals surface area contributed by atoms with Gasteiger partial charge >= 0.3 is 0 Å². The number of methoxy groups -OCH3 is 1. The van der Waals surface area contributed by atoms with Gasteiger partial charge in [-0.3, -0.25) is 14.4 Å². The molecule has 1 N–H and O–H groups in total. The first-order chi connectivity index (χ1) is 13.0. The summed E-state index contributed by atoms with van der Waals surface area (Å²) in [6, 6.07) is 13.5. The number of amides is 3. The van der Waals surface area contributed by atoms with E-state index in [1.54, 1.807) is 48.5 Å². The molecule has 3 rings (SSSR count). The minimum absolute atomic E-state index is 0.0644. The predicted octanol–water partition coefficient (Wildman–Crippen LogP) is 3.35. The van der Waals surface area contributed by atoms with Crippen LogP contribution in [0.15, 0.2) is 48.5 Å². The highest BCUT2D eigenvalue weighted by molar-refractivity contribution is 8.01. The van der Waals surface area contributed by atoms with Crippen LogP contribution >= 0.6 is 23.4 Å². The number of nitrogens with zero attached hydrogens (tertiary/aromatic N) is 1. The lowest BCUT2D eigenvalue weighted by Gasteiger charge is -2.15. The molecular weight excluding hydrogens is 388 g/mol. The van der Waals surface area contributed by atoms with Crippen LogP contribution < -0.4 is 15.0 Å². The van der Waals surface area contributed by atoms with E-state index in [1.165, 1.54) is 7.11 Å². The van der Waals surface area contributed by atoms with E-state index in [0.29, 0.717) is 22.1 Å². The maximum atomic E-state index is 12.6. The number of hydrogen-bond acceptors (Lipinski definition) is 5. The Bertz CT molecular complexity index is 872. The Kier molecular flexibility index (Phi) is 6.03. The van der Waals surface area contributed by atoms with E-state index < -0.39 is 5.25 Å². The van der Waals surface area contributed by atoms with Gasteiger partial charge in [-0.25, -0.2) is 4.90 Å². The first-order valence-corrected chi connectivity index (χ1v) is 9.58. The fraction of sp³-hybridized carbons (Fsp3) is 0.211. The number of carbonyl (C=O) groups excluding carboxylic acids is 3. The van der Waals surface area contributed by atoms with E-state index in [1.807, 2.05) is 0 Å². The van der Waals surface area contributed by atoms with Gasteiger partial charge in [0.1, 0.15) is 5.75 Å². The van der Waals surface area contributed by atoms with Crippen LogP contribution in [0.1, 0.15) is 6.42 Å². The number of anilines is 2. The van der Waals surface area contributed by atoms with Gasteiger partial charge < -0.3 is 10.1 Å². The van der Waals surface area contributed by atoms with E-state index in [2.05, 4.69) is 5.32 Å². The molecule has 1 aliphatic rings. The highest BCUT2D eigenvalue weighted by Crippen LogP contribution is 2.31. The molecule has 2 aromatic carbocycles. The molecule has 140 valence electrons. The van der Waals surface area contributed by atoms with Crippen LogP contribution in [0.2, 0.25) is 5.02 Å². The smallest absolute Gasteiger partial charge is 0.247 e. The van der Waals surface area contributed by atoms with E-state index in [9.17, 15) is 14.4 Å². The highest BCUT2D eigenvalue weighted by Gasteiger charge is 2.40. The molecule has 1 aliphatic heterocycles. The Morgan fingerprint density at radius 2 is 2.00 bits per heavy atom. The second-order valence-electron chi connectivity index (χ2n) is 5.83. The minimum Gasteiger partial charge on any atom is -0.497 e. The average molecular weight is 405 g/mol. The predicted molar refractivity (Wildman–Crippen MR) is 106 cm³/mol. The van der Waals surface area contributed by atoms with E-state index in [0.717, 1.165) is 16.7 Å². The summed E-state index contributed by atoms with van der Waals surface area (Å²) in [6.07, 6.45) is 0.0644. The number of carbonyl (C=O) groups is 3. The van der Waals surface area contributed by atoms with Crippen molar-refractivity contribution in [3.05, 3.63) is 53.6 Å². The van der Waals surface area contributed by atoms with Gasteiger partial charge in [0, 0.05) is 23.2 Å². The van der Waals surface area contributed by atoms with Crippen LogP contribution in [0.3, 0.4) is 0 Å². The van der Waals surface area contributed by atoms with Crippen LogP contribution in [0.4, 0.5) is 11.4 Å². The maximum Gasteiger partial charge on any atom is 0.247 e. The second kappa shape index (κ2) is 8.45. The molecule has 0 aliphatic carbocycles. The van der Waals surface area contributed by atoms with Gasteiger partial charge in [-0.15, -0.1) is 11.8 Å².